The van der Waals surface area contributed by atoms with Gasteiger partial charge in [-0.2, -0.15) is 0 Å². The minimum absolute atomic E-state index is 0.0236. The molecular weight excluding hydrogens is 550 g/mol. The number of para-hydroxylation sites is 2. The second kappa shape index (κ2) is 13.2. The molecule has 3 aromatic carbocycles. The minimum atomic E-state index is -4.19. The van der Waals surface area contributed by atoms with Crippen LogP contribution >= 0.6 is 11.6 Å². The van der Waals surface area contributed by atoms with Crippen molar-refractivity contribution in [1.82, 2.24) is 10.2 Å². The van der Waals surface area contributed by atoms with Crippen LogP contribution in [0.15, 0.2) is 83.8 Å². The third-order valence-corrected chi connectivity index (χ3v) is 8.14. The van der Waals surface area contributed by atoms with E-state index in [0.29, 0.717) is 11.4 Å². The lowest BCUT2D eigenvalue weighted by Gasteiger charge is -2.35. The van der Waals surface area contributed by atoms with Crippen LogP contribution in [0.4, 0.5) is 5.69 Å². The van der Waals surface area contributed by atoms with E-state index in [1.807, 2.05) is 27.7 Å². The monoisotopic (exact) mass is 585 g/mol. The van der Waals surface area contributed by atoms with Crippen LogP contribution in [0.25, 0.3) is 0 Å². The lowest BCUT2D eigenvalue weighted by Crippen LogP contribution is -2.55. The van der Waals surface area contributed by atoms with Crippen LogP contribution < -0.4 is 14.4 Å². The number of nitrogens with zero attached hydrogens (tertiary/aromatic N) is 2. The normalized spacial score (nSPS) is 12.3. The quantitative estimate of drug-likeness (QED) is 0.331. The van der Waals surface area contributed by atoms with E-state index in [9.17, 15) is 18.0 Å². The summed E-state index contributed by atoms with van der Waals surface area (Å²) >= 11 is 6.07. The Balaban J connectivity index is 2.09. The standard InChI is InChI=1S/C30H36ClN3O5S/c1-6-25(29(36)32-30(2,3)4)33(20-22-16-18-23(31)19-17-22)28(35)21-34(26-14-10-11-15-27(26)39-5)40(37,38)24-12-8-7-9-13-24/h7-19,25H,6,20-21H2,1-5H3,(H,32,36)/t25-/m1/s1. The fourth-order valence-corrected chi connectivity index (χ4v) is 5.80. The van der Waals surface area contributed by atoms with Crippen LogP contribution in [0.2, 0.25) is 5.02 Å². The van der Waals surface area contributed by atoms with Gasteiger partial charge in [0.2, 0.25) is 11.8 Å². The summed E-state index contributed by atoms with van der Waals surface area (Å²) in [6.07, 6.45) is 0.321. The molecule has 0 aliphatic rings. The average Bonchev–Trinajstić information content (AvgIpc) is 2.92. The molecule has 0 heterocycles. The van der Waals surface area contributed by atoms with Gasteiger partial charge in [-0.15, -0.1) is 0 Å². The highest BCUT2D eigenvalue weighted by Crippen LogP contribution is 2.32. The molecule has 0 aliphatic carbocycles. The number of halogens is 1. The first-order valence-electron chi connectivity index (χ1n) is 12.9. The number of carbonyl (C=O) groups is 2. The Labute approximate surface area is 241 Å². The molecule has 8 nitrogen and oxygen atoms in total. The van der Waals surface area contributed by atoms with Crippen LogP contribution in [-0.2, 0) is 26.2 Å². The molecule has 0 radical (unpaired) electrons. The molecule has 0 fully saturated rings. The second-order valence-corrected chi connectivity index (χ2v) is 12.6. The Hall–Kier alpha value is -3.56. The molecule has 0 saturated heterocycles. The maximum absolute atomic E-state index is 14.1. The SMILES string of the molecule is CC[C@H](C(=O)NC(C)(C)C)N(Cc1ccc(Cl)cc1)C(=O)CN(c1ccccc1OC)S(=O)(=O)c1ccccc1. The molecule has 0 aromatic heterocycles. The predicted molar refractivity (Wildman–Crippen MR) is 158 cm³/mol. The van der Waals surface area contributed by atoms with Crippen molar-refractivity contribution >= 4 is 39.1 Å². The van der Waals surface area contributed by atoms with E-state index < -0.39 is 34.1 Å². The maximum Gasteiger partial charge on any atom is 0.264 e. The third-order valence-electron chi connectivity index (χ3n) is 6.11. The number of sulfonamides is 1. The highest BCUT2D eigenvalue weighted by Gasteiger charge is 2.35. The molecule has 3 rings (SSSR count). The molecule has 214 valence electrons. The van der Waals surface area contributed by atoms with E-state index in [1.54, 1.807) is 66.7 Å². The molecule has 2 amide bonds. The van der Waals surface area contributed by atoms with E-state index in [1.165, 1.54) is 24.1 Å². The van der Waals surface area contributed by atoms with E-state index >= 15 is 0 Å². The van der Waals surface area contributed by atoms with Gasteiger partial charge in [0.1, 0.15) is 18.3 Å². The highest BCUT2D eigenvalue weighted by atomic mass is 35.5. The molecule has 0 bridgehead atoms. The van der Waals surface area contributed by atoms with Crippen molar-refractivity contribution in [3.63, 3.8) is 0 Å². The van der Waals surface area contributed by atoms with Crippen LogP contribution in [0, 0.1) is 0 Å². The number of rotatable bonds is 11. The summed E-state index contributed by atoms with van der Waals surface area (Å²) in [5.41, 5.74) is 0.426. The van der Waals surface area contributed by atoms with Crippen molar-refractivity contribution < 1.29 is 22.7 Å². The number of nitrogens with one attached hydrogen (secondary N) is 1. The van der Waals surface area contributed by atoms with Crippen LogP contribution in [0.5, 0.6) is 5.75 Å². The van der Waals surface area contributed by atoms with Crippen molar-refractivity contribution in [3.05, 3.63) is 89.4 Å². The first-order valence-corrected chi connectivity index (χ1v) is 14.8. The Kier molecular flexibility index (Phi) is 10.2. The van der Waals surface area contributed by atoms with Gasteiger partial charge in [-0.1, -0.05) is 61.0 Å². The zero-order chi connectivity index (χ0) is 29.5. The summed E-state index contributed by atoms with van der Waals surface area (Å²) in [7, 11) is -2.75. The number of amides is 2. The summed E-state index contributed by atoms with van der Waals surface area (Å²) < 4.78 is 34.3. The number of hydrogen-bond acceptors (Lipinski definition) is 5. The minimum Gasteiger partial charge on any atom is -0.495 e. The van der Waals surface area contributed by atoms with E-state index in [4.69, 9.17) is 16.3 Å². The Morgan fingerprint density at radius 3 is 2.12 bits per heavy atom. The molecular formula is C30H36ClN3O5S. The molecule has 10 heteroatoms. The van der Waals surface area contributed by atoms with Crippen molar-refractivity contribution in [2.45, 2.75) is 57.1 Å². The fraction of sp³-hybridized carbons (Fsp3) is 0.333. The number of benzene rings is 3. The summed E-state index contributed by atoms with van der Waals surface area (Å²) in [5, 5.41) is 3.49. The van der Waals surface area contributed by atoms with Gasteiger partial charge in [0.25, 0.3) is 10.0 Å². The van der Waals surface area contributed by atoms with Crippen molar-refractivity contribution in [2.75, 3.05) is 18.0 Å². The molecule has 0 spiro atoms. The third kappa shape index (κ3) is 7.76. The number of methoxy groups -OCH3 is 1. The number of hydrogen-bond donors (Lipinski definition) is 1. The number of anilines is 1. The Morgan fingerprint density at radius 2 is 1.55 bits per heavy atom. The van der Waals surface area contributed by atoms with E-state index in [0.717, 1.165) is 9.87 Å². The number of carbonyl (C=O) groups excluding carboxylic acids is 2. The van der Waals surface area contributed by atoms with Gasteiger partial charge in [-0.3, -0.25) is 13.9 Å². The first-order chi connectivity index (χ1) is 18.9. The van der Waals surface area contributed by atoms with E-state index in [2.05, 4.69) is 5.32 Å². The van der Waals surface area contributed by atoms with Crippen molar-refractivity contribution in [3.8, 4) is 5.75 Å². The second-order valence-electron chi connectivity index (χ2n) is 10.3. The predicted octanol–water partition coefficient (Wildman–Crippen LogP) is 5.27. The summed E-state index contributed by atoms with van der Waals surface area (Å²) in [6, 6.07) is 20.6. The van der Waals surface area contributed by atoms with Crippen LogP contribution in [0.1, 0.15) is 39.7 Å². The Morgan fingerprint density at radius 1 is 0.950 bits per heavy atom. The van der Waals surface area contributed by atoms with Crippen LogP contribution in [0.3, 0.4) is 0 Å². The maximum atomic E-state index is 14.1. The fourth-order valence-electron chi connectivity index (χ4n) is 4.23. The summed E-state index contributed by atoms with van der Waals surface area (Å²) in [4.78, 5) is 28.9. The highest BCUT2D eigenvalue weighted by molar-refractivity contribution is 7.92. The zero-order valence-corrected chi connectivity index (χ0v) is 25.0. The largest absolute Gasteiger partial charge is 0.495 e. The average molecular weight is 586 g/mol. The topological polar surface area (TPSA) is 96.0 Å². The van der Waals surface area contributed by atoms with Gasteiger partial charge in [0.05, 0.1) is 17.7 Å². The lowest BCUT2D eigenvalue weighted by molar-refractivity contribution is -0.141. The molecule has 0 unspecified atom stereocenters. The van der Waals surface area contributed by atoms with Gasteiger partial charge in [-0.05, 0) is 69.2 Å². The summed E-state index contributed by atoms with van der Waals surface area (Å²) in [5.74, 6) is -0.583. The van der Waals surface area contributed by atoms with Crippen LogP contribution in [-0.4, -0.2) is 50.4 Å². The molecule has 0 saturated carbocycles. The molecule has 0 aliphatic heterocycles. The van der Waals surface area contributed by atoms with Crippen molar-refractivity contribution in [1.29, 1.82) is 0 Å². The van der Waals surface area contributed by atoms with Gasteiger partial charge in [0, 0.05) is 17.1 Å². The van der Waals surface area contributed by atoms with Gasteiger partial charge >= 0.3 is 0 Å². The molecule has 1 atom stereocenters. The molecule has 3 aromatic rings. The van der Waals surface area contributed by atoms with Gasteiger partial charge < -0.3 is 15.0 Å². The smallest absolute Gasteiger partial charge is 0.264 e. The first kappa shape index (κ1) is 31.0. The number of ether oxygens (including phenoxy) is 1. The zero-order valence-electron chi connectivity index (χ0n) is 23.4. The summed E-state index contributed by atoms with van der Waals surface area (Å²) in [6.45, 7) is 6.92. The van der Waals surface area contributed by atoms with Gasteiger partial charge in [0.15, 0.2) is 0 Å². The lowest BCUT2D eigenvalue weighted by atomic mass is 10.1. The Bertz CT molecular complexity index is 1410. The molecule has 40 heavy (non-hydrogen) atoms. The van der Waals surface area contributed by atoms with E-state index in [-0.39, 0.29) is 28.8 Å². The molecule has 1 N–H and O–H groups in total. The van der Waals surface area contributed by atoms with Crippen molar-refractivity contribution in [2.24, 2.45) is 0 Å². The van der Waals surface area contributed by atoms with Gasteiger partial charge in [-0.25, -0.2) is 8.42 Å².